The molecule has 0 spiro atoms. The zero-order chi connectivity index (χ0) is 16.0. The van der Waals surface area contributed by atoms with Gasteiger partial charge in [-0.15, -0.1) is 0 Å². The maximum absolute atomic E-state index is 13.7. The van der Waals surface area contributed by atoms with Crippen LogP contribution in [0.15, 0.2) is 17.0 Å². The highest BCUT2D eigenvalue weighted by molar-refractivity contribution is 7.89. The summed E-state index contributed by atoms with van der Waals surface area (Å²) in [5.41, 5.74) is -1.46. The van der Waals surface area contributed by atoms with Gasteiger partial charge in [-0.1, -0.05) is 0 Å². The number of halogens is 3. The van der Waals surface area contributed by atoms with Crippen LogP contribution in [0.2, 0.25) is 0 Å². The Hall–Kier alpha value is -1.61. The first-order valence-corrected chi connectivity index (χ1v) is 7.49. The van der Waals surface area contributed by atoms with E-state index in [1.807, 2.05) is 0 Å². The molecule has 0 saturated carbocycles. The molecule has 1 heterocycles. The second-order valence-electron chi connectivity index (χ2n) is 5.07. The van der Waals surface area contributed by atoms with Gasteiger partial charge in [-0.3, -0.25) is 4.79 Å². The predicted octanol–water partition coefficient (Wildman–Crippen LogP) is 1.00. The van der Waals surface area contributed by atoms with Gasteiger partial charge in [-0.2, -0.15) is 4.31 Å². The van der Waals surface area contributed by atoms with Gasteiger partial charge in [0.1, 0.15) is 10.4 Å². The minimum atomic E-state index is -4.48. The highest BCUT2D eigenvalue weighted by atomic mass is 32.2. The predicted molar refractivity (Wildman–Crippen MR) is 67.3 cm³/mol. The van der Waals surface area contributed by atoms with E-state index in [0.29, 0.717) is 12.1 Å². The van der Waals surface area contributed by atoms with Gasteiger partial charge in [-0.25, -0.2) is 21.6 Å². The molecule has 1 aromatic carbocycles. The Kier molecular flexibility index (Phi) is 3.75. The molecule has 0 aromatic heterocycles. The standard InChI is InChI=1S/C12H13F3N2O3S/c1-12(2)11(18)16-5-6-17(12)21(19,20)8-4-3-7(13)9(14)10(8)15/h3-4H,5-6H2,1-2H3,(H,16,18). The average molecular weight is 322 g/mol. The normalized spacial score (nSPS) is 19.4. The molecule has 116 valence electrons. The van der Waals surface area contributed by atoms with Crippen LogP contribution < -0.4 is 5.32 Å². The summed E-state index contributed by atoms with van der Waals surface area (Å²) < 4.78 is 65.6. The maximum atomic E-state index is 13.7. The molecule has 9 heteroatoms. The topological polar surface area (TPSA) is 66.5 Å². The third-order valence-electron chi connectivity index (χ3n) is 3.35. The van der Waals surface area contributed by atoms with Crippen molar-refractivity contribution in [3.63, 3.8) is 0 Å². The number of hydrogen-bond acceptors (Lipinski definition) is 3. The second kappa shape index (κ2) is 4.99. The van der Waals surface area contributed by atoms with Crippen LogP contribution in [0.3, 0.4) is 0 Å². The summed E-state index contributed by atoms with van der Waals surface area (Å²) in [6.07, 6.45) is 0. The van der Waals surface area contributed by atoms with E-state index in [1.165, 1.54) is 13.8 Å². The number of amides is 1. The summed E-state index contributed by atoms with van der Waals surface area (Å²) in [5.74, 6) is -5.70. The number of rotatable bonds is 2. The van der Waals surface area contributed by atoms with Crippen molar-refractivity contribution in [1.82, 2.24) is 9.62 Å². The van der Waals surface area contributed by atoms with E-state index in [1.54, 1.807) is 0 Å². The number of hydrogen-bond donors (Lipinski definition) is 1. The molecule has 0 aliphatic carbocycles. The van der Waals surface area contributed by atoms with Gasteiger partial charge in [-0.05, 0) is 26.0 Å². The van der Waals surface area contributed by atoms with Crippen molar-refractivity contribution >= 4 is 15.9 Å². The van der Waals surface area contributed by atoms with Crippen molar-refractivity contribution in [3.05, 3.63) is 29.6 Å². The van der Waals surface area contributed by atoms with E-state index < -0.39 is 43.8 Å². The lowest BCUT2D eigenvalue weighted by Gasteiger charge is -2.39. The van der Waals surface area contributed by atoms with Crippen LogP contribution in [0.5, 0.6) is 0 Å². The maximum Gasteiger partial charge on any atom is 0.247 e. The number of nitrogens with zero attached hydrogens (tertiary/aromatic N) is 1. The molecule has 0 atom stereocenters. The SMILES string of the molecule is CC1(C)C(=O)NCCN1S(=O)(=O)c1ccc(F)c(F)c1F. The summed E-state index contributed by atoms with van der Waals surface area (Å²) in [6, 6.07) is 1.17. The summed E-state index contributed by atoms with van der Waals surface area (Å²) in [5, 5.41) is 2.49. The number of nitrogens with one attached hydrogen (secondary N) is 1. The number of sulfonamides is 1. The van der Waals surface area contributed by atoms with Gasteiger partial charge in [0, 0.05) is 13.1 Å². The molecule has 1 N–H and O–H groups in total. The van der Waals surface area contributed by atoms with Crippen LogP contribution in [-0.2, 0) is 14.8 Å². The summed E-state index contributed by atoms with van der Waals surface area (Å²) in [6.45, 7) is 2.64. The lowest BCUT2D eigenvalue weighted by atomic mass is 10.0. The lowest BCUT2D eigenvalue weighted by Crippen LogP contribution is -2.63. The van der Waals surface area contributed by atoms with Gasteiger partial charge in [0.15, 0.2) is 17.5 Å². The van der Waals surface area contributed by atoms with Crippen molar-refractivity contribution in [2.45, 2.75) is 24.3 Å². The third kappa shape index (κ3) is 2.40. The second-order valence-corrected chi connectivity index (χ2v) is 6.90. The van der Waals surface area contributed by atoms with E-state index in [0.717, 1.165) is 4.31 Å². The molecular weight excluding hydrogens is 309 g/mol. The molecule has 0 unspecified atom stereocenters. The molecule has 1 aliphatic rings. The molecule has 0 bridgehead atoms. The minimum Gasteiger partial charge on any atom is -0.353 e. The molecule has 21 heavy (non-hydrogen) atoms. The highest BCUT2D eigenvalue weighted by Gasteiger charge is 2.46. The molecule has 2 rings (SSSR count). The number of carbonyl (C=O) groups is 1. The molecule has 1 fully saturated rings. The number of piperazine rings is 1. The first-order valence-electron chi connectivity index (χ1n) is 6.05. The Bertz CT molecular complexity index is 704. The lowest BCUT2D eigenvalue weighted by molar-refractivity contribution is -0.131. The zero-order valence-corrected chi connectivity index (χ0v) is 12.1. The molecular formula is C12H13F3N2O3S. The van der Waals surface area contributed by atoms with Gasteiger partial charge in [0.05, 0.1) is 0 Å². The van der Waals surface area contributed by atoms with Crippen LogP contribution >= 0.6 is 0 Å². The van der Waals surface area contributed by atoms with Gasteiger partial charge in [0.25, 0.3) is 0 Å². The summed E-state index contributed by atoms with van der Waals surface area (Å²) in [7, 11) is -4.48. The molecule has 0 radical (unpaired) electrons. The molecule has 1 aromatic rings. The quantitative estimate of drug-likeness (QED) is 0.826. The van der Waals surface area contributed by atoms with Crippen molar-refractivity contribution in [1.29, 1.82) is 0 Å². The largest absolute Gasteiger partial charge is 0.353 e. The fourth-order valence-electron chi connectivity index (χ4n) is 2.13. The van der Waals surface area contributed by atoms with Gasteiger partial charge in [0.2, 0.25) is 15.9 Å². The first-order chi connectivity index (χ1) is 9.60. The van der Waals surface area contributed by atoms with Crippen molar-refractivity contribution in [3.8, 4) is 0 Å². The van der Waals surface area contributed by atoms with E-state index in [-0.39, 0.29) is 13.1 Å². The van der Waals surface area contributed by atoms with E-state index >= 15 is 0 Å². The third-order valence-corrected chi connectivity index (χ3v) is 5.44. The Morgan fingerprint density at radius 3 is 2.43 bits per heavy atom. The molecule has 1 saturated heterocycles. The summed E-state index contributed by atoms with van der Waals surface area (Å²) >= 11 is 0. The smallest absolute Gasteiger partial charge is 0.247 e. The van der Waals surface area contributed by atoms with Gasteiger partial charge >= 0.3 is 0 Å². The van der Waals surface area contributed by atoms with E-state index in [9.17, 15) is 26.4 Å². The van der Waals surface area contributed by atoms with Crippen LogP contribution in [0, 0.1) is 17.5 Å². The van der Waals surface area contributed by atoms with Crippen LogP contribution in [0.25, 0.3) is 0 Å². The monoisotopic (exact) mass is 322 g/mol. The minimum absolute atomic E-state index is 0.0484. The van der Waals surface area contributed by atoms with Crippen LogP contribution in [0.1, 0.15) is 13.8 Å². The van der Waals surface area contributed by atoms with Crippen molar-refractivity contribution in [2.24, 2.45) is 0 Å². The average Bonchev–Trinajstić information content (AvgIpc) is 2.38. The number of benzene rings is 1. The number of carbonyl (C=O) groups excluding carboxylic acids is 1. The Morgan fingerprint density at radius 1 is 1.19 bits per heavy atom. The van der Waals surface area contributed by atoms with Crippen LogP contribution in [-0.4, -0.2) is 37.3 Å². The van der Waals surface area contributed by atoms with Crippen LogP contribution in [0.4, 0.5) is 13.2 Å². The van der Waals surface area contributed by atoms with E-state index in [2.05, 4.69) is 5.32 Å². The van der Waals surface area contributed by atoms with Crippen molar-refractivity contribution < 1.29 is 26.4 Å². The Morgan fingerprint density at radius 2 is 1.81 bits per heavy atom. The molecule has 1 aliphatic heterocycles. The first kappa shape index (κ1) is 15.8. The fraction of sp³-hybridized carbons (Fsp3) is 0.417. The molecule has 5 nitrogen and oxygen atoms in total. The van der Waals surface area contributed by atoms with Crippen molar-refractivity contribution in [2.75, 3.05) is 13.1 Å². The Balaban J connectivity index is 2.57. The zero-order valence-electron chi connectivity index (χ0n) is 11.3. The van der Waals surface area contributed by atoms with E-state index in [4.69, 9.17) is 0 Å². The van der Waals surface area contributed by atoms with Gasteiger partial charge < -0.3 is 5.32 Å². The highest BCUT2D eigenvalue weighted by Crippen LogP contribution is 2.29. The molecule has 1 amide bonds. The Labute approximate surface area is 119 Å². The fourth-order valence-corrected chi connectivity index (χ4v) is 3.94. The summed E-state index contributed by atoms with van der Waals surface area (Å²) in [4.78, 5) is 10.8.